The number of hydrazone groups is 1. The Kier molecular flexibility index (Phi) is 8.25. The molecule has 192 valence electrons. The Labute approximate surface area is 212 Å². The van der Waals surface area contributed by atoms with Crippen molar-refractivity contribution in [2.45, 2.75) is 39.2 Å². The largest absolute Gasteiger partial charge is 0.497 e. The van der Waals surface area contributed by atoms with E-state index in [1.807, 2.05) is 55.1 Å². The summed E-state index contributed by atoms with van der Waals surface area (Å²) in [6.07, 6.45) is 2.21. The van der Waals surface area contributed by atoms with Crippen LogP contribution >= 0.6 is 0 Å². The SMILES string of the molecule is CCOC(=O)[C@@H]1CCCN(CC(=O)N2N=C(c3cccc(C)c3)C[C@H]2c2ccc(OC)cc2OC)C1. The molecule has 1 amide bonds. The molecule has 0 radical (unpaired) electrons. The minimum Gasteiger partial charge on any atom is -0.497 e. The van der Waals surface area contributed by atoms with Crippen LogP contribution in [-0.2, 0) is 14.3 Å². The normalized spacial score (nSPS) is 20.1. The standard InChI is InChI=1S/C28H35N3O5/c1-5-36-28(33)21-10-7-13-30(17-21)18-27(32)31-25(23-12-11-22(34-3)15-26(23)35-4)16-24(29-31)20-9-6-8-19(2)14-20/h6,8-9,11-12,14-15,21,25H,5,7,10,13,16-18H2,1-4H3/t21-,25+/m1/s1. The number of nitrogens with zero attached hydrogens (tertiary/aromatic N) is 3. The zero-order chi connectivity index (χ0) is 25.7. The molecule has 0 spiro atoms. The Morgan fingerprint density at radius 3 is 2.67 bits per heavy atom. The number of hydrogen-bond donors (Lipinski definition) is 0. The van der Waals surface area contributed by atoms with E-state index in [1.165, 1.54) is 0 Å². The van der Waals surface area contributed by atoms with Crippen molar-refractivity contribution < 1.29 is 23.8 Å². The van der Waals surface area contributed by atoms with Crippen molar-refractivity contribution in [1.82, 2.24) is 9.91 Å². The van der Waals surface area contributed by atoms with Crippen LogP contribution in [0.1, 0.15) is 48.9 Å². The number of aryl methyl sites for hydroxylation is 1. The van der Waals surface area contributed by atoms with Crippen molar-refractivity contribution in [3.05, 3.63) is 59.2 Å². The highest BCUT2D eigenvalue weighted by Gasteiger charge is 2.36. The fourth-order valence-electron chi connectivity index (χ4n) is 4.99. The molecule has 2 aliphatic heterocycles. The van der Waals surface area contributed by atoms with Gasteiger partial charge in [0.1, 0.15) is 11.5 Å². The number of methoxy groups -OCH3 is 2. The summed E-state index contributed by atoms with van der Waals surface area (Å²) in [5.74, 6) is 0.846. The monoisotopic (exact) mass is 493 g/mol. The summed E-state index contributed by atoms with van der Waals surface area (Å²) in [4.78, 5) is 28.0. The third kappa shape index (κ3) is 5.70. The van der Waals surface area contributed by atoms with E-state index in [1.54, 1.807) is 19.2 Å². The molecule has 1 saturated heterocycles. The van der Waals surface area contributed by atoms with Crippen LogP contribution in [0.2, 0.25) is 0 Å². The predicted molar refractivity (Wildman–Crippen MR) is 137 cm³/mol. The molecule has 2 aromatic carbocycles. The first-order valence-corrected chi connectivity index (χ1v) is 12.5. The summed E-state index contributed by atoms with van der Waals surface area (Å²) in [5, 5.41) is 6.41. The fourth-order valence-corrected chi connectivity index (χ4v) is 4.99. The Hall–Kier alpha value is -3.39. The third-order valence-corrected chi connectivity index (χ3v) is 6.80. The number of carbonyl (C=O) groups is 2. The van der Waals surface area contributed by atoms with Gasteiger partial charge >= 0.3 is 5.97 Å². The lowest BCUT2D eigenvalue weighted by Crippen LogP contribution is -2.44. The van der Waals surface area contributed by atoms with Crippen LogP contribution in [0, 0.1) is 12.8 Å². The van der Waals surface area contributed by atoms with E-state index in [9.17, 15) is 9.59 Å². The molecule has 4 rings (SSSR count). The first-order valence-electron chi connectivity index (χ1n) is 12.5. The van der Waals surface area contributed by atoms with Crippen molar-refractivity contribution >= 4 is 17.6 Å². The van der Waals surface area contributed by atoms with E-state index in [-0.39, 0.29) is 30.4 Å². The number of hydrogen-bond acceptors (Lipinski definition) is 7. The van der Waals surface area contributed by atoms with Gasteiger partial charge in [-0.3, -0.25) is 14.5 Å². The maximum Gasteiger partial charge on any atom is 0.310 e. The summed E-state index contributed by atoms with van der Waals surface area (Å²) in [6, 6.07) is 13.5. The number of esters is 1. The summed E-state index contributed by atoms with van der Waals surface area (Å²) in [5.41, 5.74) is 3.87. The lowest BCUT2D eigenvalue weighted by Gasteiger charge is -2.32. The second kappa shape index (κ2) is 11.6. The van der Waals surface area contributed by atoms with Gasteiger partial charge < -0.3 is 14.2 Å². The second-order valence-corrected chi connectivity index (χ2v) is 9.31. The van der Waals surface area contributed by atoms with E-state index in [4.69, 9.17) is 19.3 Å². The summed E-state index contributed by atoms with van der Waals surface area (Å²) < 4.78 is 16.3. The van der Waals surface area contributed by atoms with Crippen LogP contribution in [0.15, 0.2) is 47.6 Å². The molecular weight excluding hydrogens is 458 g/mol. The van der Waals surface area contributed by atoms with Crippen LogP contribution in [0.5, 0.6) is 11.5 Å². The molecule has 2 aliphatic rings. The highest BCUT2D eigenvalue weighted by atomic mass is 16.5. The first kappa shape index (κ1) is 25.7. The summed E-state index contributed by atoms with van der Waals surface area (Å²) in [7, 11) is 3.23. The molecule has 0 N–H and O–H groups in total. The Morgan fingerprint density at radius 1 is 1.11 bits per heavy atom. The van der Waals surface area contributed by atoms with Crippen molar-refractivity contribution in [3.8, 4) is 11.5 Å². The average molecular weight is 494 g/mol. The number of ether oxygens (including phenoxy) is 3. The Balaban J connectivity index is 1.60. The smallest absolute Gasteiger partial charge is 0.310 e. The number of piperidine rings is 1. The van der Waals surface area contributed by atoms with Gasteiger partial charge in [-0.05, 0) is 50.9 Å². The quantitative estimate of drug-likeness (QED) is 0.518. The van der Waals surface area contributed by atoms with Crippen molar-refractivity contribution in [1.29, 1.82) is 0 Å². The maximum atomic E-state index is 13.7. The first-order chi connectivity index (χ1) is 17.4. The molecule has 2 atom stereocenters. The van der Waals surface area contributed by atoms with Gasteiger partial charge in [0.25, 0.3) is 5.91 Å². The van der Waals surface area contributed by atoms with Crippen LogP contribution in [-0.4, -0.2) is 68.0 Å². The van der Waals surface area contributed by atoms with Crippen LogP contribution in [0.25, 0.3) is 0 Å². The van der Waals surface area contributed by atoms with Crippen molar-refractivity contribution in [2.24, 2.45) is 11.0 Å². The van der Waals surface area contributed by atoms with Gasteiger partial charge in [-0.25, -0.2) is 5.01 Å². The van der Waals surface area contributed by atoms with E-state index < -0.39 is 0 Å². The molecule has 8 heteroatoms. The number of carbonyl (C=O) groups excluding carboxylic acids is 2. The fraction of sp³-hybridized carbons (Fsp3) is 0.464. The molecule has 0 bridgehead atoms. The number of benzene rings is 2. The minimum absolute atomic E-state index is 0.106. The summed E-state index contributed by atoms with van der Waals surface area (Å²) in [6.45, 7) is 5.69. The van der Waals surface area contributed by atoms with E-state index >= 15 is 0 Å². The molecule has 36 heavy (non-hydrogen) atoms. The predicted octanol–water partition coefficient (Wildman–Crippen LogP) is 3.97. The molecule has 0 unspecified atom stereocenters. The molecule has 0 aliphatic carbocycles. The van der Waals surface area contributed by atoms with E-state index in [2.05, 4.69) is 6.07 Å². The van der Waals surface area contributed by atoms with Crippen molar-refractivity contribution in [2.75, 3.05) is 40.5 Å². The van der Waals surface area contributed by atoms with Gasteiger partial charge in [0.2, 0.25) is 0 Å². The van der Waals surface area contributed by atoms with Gasteiger partial charge in [-0.1, -0.05) is 29.8 Å². The zero-order valence-electron chi connectivity index (χ0n) is 21.5. The van der Waals surface area contributed by atoms with Crippen molar-refractivity contribution in [3.63, 3.8) is 0 Å². The van der Waals surface area contributed by atoms with Gasteiger partial charge in [0, 0.05) is 24.6 Å². The molecule has 1 fully saturated rings. The van der Waals surface area contributed by atoms with Crippen LogP contribution in [0.4, 0.5) is 0 Å². The van der Waals surface area contributed by atoms with Crippen LogP contribution < -0.4 is 9.47 Å². The number of likely N-dealkylation sites (tertiary alicyclic amines) is 1. The van der Waals surface area contributed by atoms with Gasteiger partial charge in [-0.2, -0.15) is 5.10 Å². The molecule has 8 nitrogen and oxygen atoms in total. The average Bonchev–Trinajstić information content (AvgIpc) is 3.34. The van der Waals surface area contributed by atoms with Gasteiger partial charge in [-0.15, -0.1) is 0 Å². The molecule has 0 aromatic heterocycles. The van der Waals surface area contributed by atoms with Gasteiger partial charge in [0.05, 0.1) is 45.0 Å². The zero-order valence-corrected chi connectivity index (χ0v) is 21.5. The number of rotatable bonds is 8. The highest BCUT2D eigenvalue weighted by molar-refractivity contribution is 6.03. The molecule has 0 saturated carbocycles. The molecule has 2 heterocycles. The minimum atomic E-state index is -0.306. The van der Waals surface area contributed by atoms with E-state index in [0.29, 0.717) is 31.1 Å². The van der Waals surface area contributed by atoms with Crippen LogP contribution in [0.3, 0.4) is 0 Å². The highest BCUT2D eigenvalue weighted by Crippen LogP contribution is 2.39. The molecular formula is C28H35N3O5. The lowest BCUT2D eigenvalue weighted by atomic mass is 9.96. The van der Waals surface area contributed by atoms with Gasteiger partial charge in [0.15, 0.2) is 0 Å². The lowest BCUT2D eigenvalue weighted by molar-refractivity contribution is -0.150. The topological polar surface area (TPSA) is 80.7 Å². The maximum absolute atomic E-state index is 13.7. The summed E-state index contributed by atoms with van der Waals surface area (Å²) >= 11 is 0. The van der Waals surface area contributed by atoms with E-state index in [0.717, 1.165) is 41.8 Å². The molecule has 2 aromatic rings. The Bertz CT molecular complexity index is 1130. The number of amides is 1. The Morgan fingerprint density at radius 2 is 1.94 bits per heavy atom. The third-order valence-electron chi connectivity index (χ3n) is 6.80. The second-order valence-electron chi connectivity index (χ2n) is 9.31.